The summed E-state index contributed by atoms with van der Waals surface area (Å²) in [5.74, 6) is 0.218. The zero-order valence-corrected chi connectivity index (χ0v) is 14.3. The molecule has 0 radical (unpaired) electrons. The minimum atomic E-state index is -0.351. The first kappa shape index (κ1) is 17.0. The highest BCUT2D eigenvalue weighted by Crippen LogP contribution is 2.30. The minimum absolute atomic E-state index is 0.0602. The molecule has 0 aromatic heterocycles. The van der Waals surface area contributed by atoms with E-state index in [1.54, 1.807) is 0 Å². The molecule has 5 nitrogen and oxygen atoms in total. The summed E-state index contributed by atoms with van der Waals surface area (Å²) in [6.07, 6.45) is 1.97. The van der Waals surface area contributed by atoms with Gasteiger partial charge < -0.3 is 16.0 Å². The summed E-state index contributed by atoms with van der Waals surface area (Å²) in [5, 5.41) is 8.99. The van der Waals surface area contributed by atoms with Crippen molar-refractivity contribution in [1.29, 1.82) is 0 Å². The van der Waals surface area contributed by atoms with Gasteiger partial charge in [0.1, 0.15) is 6.04 Å². The summed E-state index contributed by atoms with van der Waals surface area (Å²) in [6, 6.07) is 16.9. The van der Waals surface area contributed by atoms with Crippen LogP contribution in [0.15, 0.2) is 54.6 Å². The number of hydrogen-bond acceptors (Lipinski definition) is 3. The van der Waals surface area contributed by atoms with Crippen LogP contribution in [0, 0.1) is 5.92 Å². The molecule has 0 spiro atoms. The van der Waals surface area contributed by atoms with Crippen LogP contribution in [-0.4, -0.2) is 17.9 Å². The third-order valence-electron chi connectivity index (χ3n) is 4.19. The number of benzene rings is 2. The highest BCUT2D eigenvalue weighted by Gasteiger charge is 2.29. The topological polar surface area (TPSA) is 70.2 Å². The number of rotatable bonds is 7. The van der Waals surface area contributed by atoms with Crippen LogP contribution in [0.2, 0.25) is 0 Å². The van der Waals surface area contributed by atoms with Crippen LogP contribution >= 0.6 is 0 Å². The van der Waals surface area contributed by atoms with E-state index in [1.165, 1.54) is 0 Å². The van der Waals surface area contributed by atoms with Gasteiger partial charge in [-0.3, -0.25) is 9.59 Å². The van der Waals surface area contributed by atoms with Gasteiger partial charge in [0, 0.05) is 23.8 Å². The van der Waals surface area contributed by atoms with E-state index in [1.807, 2.05) is 61.5 Å². The summed E-state index contributed by atoms with van der Waals surface area (Å²) in [5.41, 5.74) is 2.69. The van der Waals surface area contributed by atoms with Crippen molar-refractivity contribution in [3.05, 3.63) is 60.2 Å². The van der Waals surface area contributed by atoms with Gasteiger partial charge in [-0.05, 0) is 49.6 Å². The minimum Gasteiger partial charge on any atom is -0.374 e. The lowest BCUT2D eigenvalue weighted by atomic mass is 10.2. The highest BCUT2D eigenvalue weighted by molar-refractivity contribution is 5.94. The van der Waals surface area contributed by atoms with Crippen molar-refractivity contribution < 1.29 is 9.59 Å². The van der Waals surface area contributed by atoms with E-state index in [0.29, 0.717) is 6.54 Å². The molecular formula is C20H23N3O2. The van der Waals surface area contributed by atoms with Gasteiger partial charge in [0.15, 0.2) is 0 Å². The van der Waals surface area contributed by atoms with Crippen LogP contribution in [-0.2, 0) is 16.1 Å². The van der Waals surface area contributed by atoms with E-state index in [4.69, 9.17) is 0 Å². The lowest BCUT2D eigenvalue weighted by molar-refractivity contribution is -0.121. The van der Waals surface area contributed by atoms with Gasteiger partial charge in [-0.15, -0.1) is 0 Å². The standard InChI is InChI=1S/C20H23N3O2/c1-14(19(24)21-13-15-5-3-2-4-6-15)22-17-9-11-18(12-10-17)23-20(25)16-7-8-16/h2-6,9-12,14,16,22H,7-8,13H2,1H3,(H,21,24)(H,23,25)/t14-/m1/s1. The van der Waals surface area contributed by atoms with Crippen LogP contribution in [0.1, 0.15) is 25.3 Å². The summed E-state index contributed by atoms with van der Waals surface area (Å²) in [7, 11) is 0. The Hall–Kier alpha value is -2.82. The second-order valence-electron chi connectivity index (χ2n) is 6.41. The quantitative estimate of drug-likeness (QED) is 0.727. The van der Waals surface area contributed by atoms with E-state index in [-0.39, 0.29) is 23.8 Å². The molecule has 130 valence electrons. The Bertz CT molecular complexity index is 724. The Kier molecular flexibility index (Phi) is 5.33. The Balaban J connectivity index is 1.47. The molecule has 1 aliphatic carbocycles. The van der Waals surface area contributed by atoms with E-state index in [9.17, 15) is 9.59 Å². The average molecular weight is 337 g/mol. The molecule has 1 fully saturated rings. The van der Waals surface area contributed by atoms with Crippen molar-refractivity contribution in [2.24, 2.45) is 5.92 Å². The Morgan fingerprint density at radius 1 is 1.00 bits per heavy atom. The van der Waals surface area contributed by atoms with Gasteiger partial charge in [-0.2, -0.15) is 0 Å². The molecule has 1 atom stereocenters. The Morgan fingerprint density at radius 3 is 2.28 bits per heavy atom. The molecule has 0 unspecified atom stereocenters. The van der Waals surface area contributed by atoms with Crippen molar-refractivity contribution >= 4 is 23.2 Å². The van der Waals surface area contributed by atoms with Crippen molar-refractivity contribution in [1.82, 2.24) is 5.32 Å². The maximum absolute atomic E-state index is 12.2. The van der Waals surface area contributed by atoms with Gasteiger partial charge in [-0.25, -0.2) is 0 Å². The molecule has 5 heteroatoms. The van der Waals surface area contributed by atoms with Gasteiger partial charge in [0.25, 0.3) is 0 Å². The molecule has 1 aliphatic rings. The fourth-order valence-corrected chi connectivity index (χ4v) is 2.49. The van der Waals surface area contributed by atoms with Crippen molar-refractivity contribution in [3.63, 3.8) is 0 Å². The molecule has 0 heterocycles. The monoisotopic (exact) mass is 337 g/mol. The van der Waals surface area contributed by atoms with E-state index < -0.39 is 0 Å². The summed E-state index contributed by atoms with van der Waals surface area (Å²) in [4.78, 5) is 23.9. The number of carbonyl (C=O) groups is 2. The van der Waals surface area contributed by atoms with Crippen LogP contribution in [0.5, 0.6) is 0 Å². The zero-order valence-electron chi connectivity index (χ0n) is 14.3. The van der Waals surface area contributed by atoms with Crippen molar-refractivity contribution in [3.8, 4) is 0 Å². The summed E-state index contributed by atoms with van der Waals surface area (Å²) < 4.78 is 0. The SMILES string of the molecule is C[C@@H](Nc1ccc(NC(=O)C2CC2)cc1)C(=O)NCc1ccccc1. The first-order chi connectivity index (χ1) is 12.1. The van der Waals surface area contributed by atoms with E-state index in [0.717, 1.165) is 29.8 Å². The largest absolute Gasteiger partial charge is 0.374 e. The molecule has 1 saturated carbocycles. The summed E-state index contributed by atoms with van der Waals surface area (Å²) in [6.45, 7) is 2.33. The lowest BCUT2D eigenvalue weighted by Gasteiger charge is -2.16. The third-order valence-corrected chi connectivity index (χ3v) is 4.19. The van der Waals surface area contributed by atoms with Gasteiger partial charge in [0.05, 0.1) is 0 Å². The second kappa shape index (κ2) is 7.83. The molecular weight excluding hydrogens is 314 g/mol. The molecule has 2 aromatic carbocycles. The maximum atomic E-state index is 12.2. The third kappa shape index (κ3) is 5.08. The Morgan fingerprint density at radius 2 is 1.64 bits per heavy atom. The van der Waals surface area contributed by atoms with E-state index in [2.05, 4.69) is 16.0 Å². The lowest BCUT2D eigenvalue weighted by Crippen LogP contribution is -2.37. The Labute approximate surface area is 147 Å². The van der Waals surface area contributed by atoms with Gasteiger partial charge in [0.2, 0.25) is 11.8 Å². The van der Waals surface area contributed by atoms with Crippen LogP contribution in [0.4, 0.5) is 11.4 Å². The van der Waals surface area contributed by atoms with Crippen LogP contribution in [0.3, 0.4) is 0 Å². The van der Waals surface area contributed by atoms with Crippen LogP contribution in [0.25, 0.3) is 0 Å². The maximum Gasteiger partial charge on any atom is 0.242 e. The van der Waals surface area contributed by atoms with Gasteiger partial charge >= 0.3 is 0 Å². The molecule has 3 rings (SSSR count). The van der Waals surface area contributed by atoms with Gasteiger partial charge in [-0.1, -0.05) is 30.3 Å². The molecule has 3 N–H and O–H groups in total. The van der Waals surface area contributed by atoms with Crippen molar-refractivity contribution in [2.45, 2.75) is 32.4 Å². The number of amides is 2. The number of nitrogens with one attached hydrogen (secondary N) is 3. The fourth-order valence-electron chi connectivity index (χ4n) is 2.49. The van der Waals surface area contributed by atoms with Crippen LogP contribution < -0.4 is 16.0 Å². The normalized spacial score (nSPS) is 14.4. The molecule has 0 aliphatic heterocycles. The zero-order chi connectivity index (χ0) is 17.6. The highest BCUT2D eigenvalue weighted by atomic mass is 16.2. The first-order valence-electron chi connectivity index (χ1n) is 8.61. The molecule has 25 heavy (non-hydrogen) atoms. The second-order valence-corrected chi connectivity index (χ2v) is 6.41. The number of hydrogen-bond donors (Lipinski definition) is 3. The molecule has 0 bridgehead atoms. The van der Waals surface area contributed by atoms with E-state index >= 15 is 0 Å². The average Bonchev–Trinajstić information content (AvgIpc) is 3.47. The smallest absolute Gasteiger partial charge is 0.242 e. The predicted molar refractivity (Wildman–Crippen MR) is 99.2 cm³/mol. The first-order valence-corrected chi connectivity index (χ1v) is 8.61. The molecule has 2 aromatic rings. The van der Waals surface area contributed by atoms with Crippen molar-refractivity contribution in [2.75, 3.05) is 10.6 Å². The number of carbonyl (C=O) groups excluding carboxylic acids is 2. The predicted octanol–water partition coefficient (Wildman–Crippen LogP) is 3.15. The summed E-state index contributed by atoms with van der Waals surface area (Å²) >= 11 is 0. The molecule has 2 amide bonds. The fraction of sp³-hybridized carbons (Fsp3) is 0.300. The molecule has 0 saturated heterocycles. The number of anilines is 2.